The van der Waals surface area contributed by atoms with E-state index in [-0.39, 0.29) is 17.3 Å². The Hall–Kier alpha value is -1.41. The van der Waals surface area contributed by atoms with Gasteiger partial charge < -0.3 is 9.72 Å². The van der Waals surface area contributed by atoms with E-state index < -0.39 is 10.0 Å². The molecule has 3 fully saturated rings. The molecule has 2 aliphatic heterocycles. The highest BCUT2D eigenvalue weighted by Gasteiger charge is 2.44. The van der Waals surface area contributed by atoms with Crippen molar-refractivity contribution in [2.45, 2.75) is 30.7 Å². The highest BCUT2D eigenvalue weighted by atomic mass is 32.2. The van der Waals surface area contributed by atoms with Crippen LogP contribution in [0.3, 0.4) is 0 Å². The molecule has 2 N–H and O–H groups in total. The molecule has 3 heterocycles. The van der Waals surface area contributed by atoms with E-state index in [1.54, 1.807) is 0 Å². The highest BCUT2D eigenvalue weighted by Crippen LogP contribution is 2.35. The molecule has 5 rings (SSSR count). The third-order valence-electron chi connectivity index (χ3n) is 6.10. The second kappa shape index (κ2) is 6.34. The Morgan fingerprint density at radius 3 is 2.96 bits per heavy atom. The first kappa shape index (κ1) is 16.7. The molecule has 1 aromatic heterocycles. The second-order valence-corrected chi connectivity index (χ2v) is 9.98. The van der Waals surface area contributed by atoms with E-state index in [0.717, 1.165) is 32.5 Å². The SMILES string of the molecule is O=S(=O)(NC[C@@H]1CO[C@@H]2CN(Cc3cccc4[nH]ccc34)C[C@H]12)C1CC1. The Balaban J connectivity index is 1.23. The van der Waals surface area contributed by atoms with E-state index in [0.29, 0.717) is 19.1 Å². The molecule has 2 aromatic rings. The van der Waals surface area contributed by atoms with Crippen molar-refractivity contribution >= 4 is 20.9 Å². The summed E-state index contributed by atoms with van der Waals surface area (Å²) >= 11 is 0. The number of aromatic amines is 1. The van der Waals surface area contributed by atoms with Gasteiger partial charge in [0.2, 0.25) is 10.0 Å². The van der Waals surface area contributed by atoms with Gasteiger partial charge in [0.15, 0.2) is 0 Å². The van der Waals surface area contributed by atoms with Gasteiger partial charge >= 0.3 is 0 Å². The molecule has 1 saturated carbocycles. The molecule has 26 heavy (non-hydrogen) atoms. The topological polar surface area (TPSA) is 74.4 Å². The van der Waals surface area contributed by atoms with Gasteiger partial charge in [0, 0.05) is 55.1 Å². The minimum absolute atomic E-state index is 0.150. The quantitative estimate of drug-likeness (QED) is 0.806. The minimum atomic E-state index is -3.11. The number of hydrogen-bond acceptors (Lipinski definition) is 4. The maximum Gasteiger partial charge on any atom is 0.214 e. The number of nitrogens with zero attached hydrogens (tertiary/aromatic N) is 1. The second-order valence-electron chi connectivity index (χ2n) is 7.94. The summed E-state index contributed by atoms with van der Waals surface area (Å²) in [5.74, 6) is 0.698. The smallest absolute Gasteiger partial charge is 0.214 e. The Morgan fingerprint density at radius 2 is 2.12 bits per heavy atom. The minimum Gasteiger partial charge on any atom is -0.376 e. The third kappa shape index (κ3) is 3.07. The summed E-state index contributed by atoms with van der Waals surface area (Å²) in [6, 6.07) is 8.51. The van der Waals surface area contributed by atoms with Crippen LogP contribution in [0.4, 0.5) is 0 Å². The van der Waals surface area contributed by atoms with Crippen LogP contribution in [0, 0.1) is 11.8 Å². The summed E-state index contributed by atoms with van der Waals surface area (Å²) in [6.07, 6.45) is 3.83. The molecule has 0 radical (unpaired) electrons. The van der Waals surface area contributed by atoms with Crippen molar-refractivity contribution in [1.29, 1.82) is 0 Å². The van der Waals surface area contributed by atoms with Gasteiger partial charge in [0.05, 0.1) is 18.0 Å². The van der Waals surface area contributed by atoms with Gasteiger partial charge in [-0.25, -0.2) is 13.1 Å². The lowest BCUT2D eigenvalue weighted by molar-refractivity contribution is 0.0943. The van der Waals surface area contributed by atoms with Gasteiger partial charge in [-0.05, 0) is 30.5 Å². The van der Waals surface area contributed by atoms with E-state index in [1.165, 1.54) is 16.5 Å². The van der Waals surface area contributed by atoms with Gasteiger partial charge in [-0.3, -0.25) is 4.90 Å². The monoisotopic (exact) mass is 375 g/mol. The van der Waals surface area contributed by atoms with E-state index in [9.17, 15) is 8.42 Å². The number of sulfonamides is 1. The van der Waals surface area contributed by atoms with Crippen molar-refractivity contribution in [3.63, 3.8) is 0 Å². The molecule has 1 aromatic carbocycles. The Kier molecular flexibility index (Phi) is 4.08. The molecule has 3 atom stereocenters. The fourth-order valence-corrected chi connectivity index (χ4v) is 5.91. The van der Waals surface area contributed by atoms with Crippen LogP contribution in [-0.4, -0.2) is 55.9 Å². The van der Waals surface area contributed by atoms with Crippen LogP contribution in [0.15, 0.2) is 30.5 Å². The van der Waals surface area contributed by atoms with Crippen LogP contribution >= 0.6 is 0 Å². The van der Waals surface area contributed by atoms with E-state index >= 15 is 0 Å². The number of ether oxygens (including phenoxy) is 1. The number of hydrogen-bond donors (Lipinski definition) is 2. The first-order valence-corrected chi connectivity index (χ1v) is 11.0. The molecular formula is C19H25N3O3S. The number of rotatable bonds is 6. The van der Waals surface area contributed by atoms with Crippen molar-refractivity contribution in [3.8, 4) is 0 Å². The molecule has 0 bridgehead atoms. The zero-order valence-corrected chi connectivity index (χ0v) is 15.5. The average molecular weight is 375 g/mol. The highest BCUT2D eigenvalue weighted by molar-refractivity contribution is 7.90. The summed E-state index contributed by atoms with van der Waals surface area (Å²) in [4.78, 5) is 5.71. The normalized spacial score (nSPS) is 29.5. The Morgan fingerprint density at radius 1 is 1.23 bits per heavy atom. The predicted octanol–water partition coefficient (Wildman–Crippen LogP) is 1.70. The van der Waals surface area contributed by atoms with Crippen LogP contribution in [-0.2, 0) is 21.3 Å². The molecule has 3 aliphatic rings. The summed E-state index contributed by atoms with van der Waals surface area (Å²) in [7, 11) is -3.11. The first-order chi connectivity index (χ1) is 12.6. The average Bonchev–Trinajstić information content (AvgIpc) is 3.08. The zero-order valence-electron chi connectivity index (χ0n) is 14.7. The number of benzene rings is 1. The van der Waals surface area contributed by atoms with Crippen LogP contribution in [0.1, 0.15) is 18.4 Å². The maximum atomic E-state index is 12.1. The van der Waals surface area contributed by atoms with E-state index in [4.69, 9.17) is 4.74 Å². The lowest BCUT2D eigenvalue weighted by Gasteiger charge is -2.20. The van der Waals surface area contributed by atoms with E-state index in [1.807, 2.05) is 6.20 Å². The number of aromatic nitrogens is 1. The fraction of sp³-hybridized carbons (Fsp3) is 0.579. The van der Waals surface area contributed by atoms with Gasteiger partial charge in [0.1, 0.15) is 0 Å². The van der Waals surface area contributed by atoms with Crippen molar-refractivity contribution in [1.82, 2.24) is 14.6 Å². The molecule has 7 heteroatoms. The molecule has 1 aliphatic carbocycles. The van der Waals surface area contributed by atoms with Crippen LogP contribution < -0.4 is 4.72 Å². The lowest BCUT2D eigenvalue weighted by Crippen LogP contribution is -2.35. The maximum absolute atomic E-state index is 12.1. The number of nitrogens with one attached hydrogen (secondary N) is 2. The standard InChI is InChI=1S/C19H25N3O3S/c23-26(24,15-4-5-15)21-8-14-12-25-19-11-22(10-17(14)19)9-13-2-1-3-18-16(13)6-7-20-18/h1-3,6-7,14-15,17,19-21H,4-5,8-12H2/t14-,17-,19-/m1/s1. The number of H-pyrrole nitrogens is 1. The van der Waals surface area contributed by atoms with Crippen LogP contribution in [0.2, 0.25) is 0 Å². The Bertz CT molecular complexity index is 906. The molecular weight excluding hydrogens is 350 g/mol. The van der Waals surface area contributed by atoms with Gasteiger partial charge in [-0.2, -0.15) is 0 Å². The number of fused-ring (bicyclic) bond motifs is 2. The summed E-state index contributed by atoms with van der Waals surface area (Å²) in [6.45, 7) is 4.00. The summed E-state index contributed by atoms with van der Waals surface area (Å²) < 4.78 is 33.0. The van der Waals surface area contributed by atoms with Crippen LogP contribution in [0.5, 0.6) is 0 Å². The largest absolute Gasteiger partial charge is 0.376 e. The van der Waals surface area contributed by atoms with Crippen molar-refractivity contribution in [2.24, 2.45) is 11.8 Å². The van der Waals surface area contributed by atoms with E-state index in [2.05, 4.69) is 38.9 Å². The van der Waals surface area contributed by atoms with Crippen molar-refractivity contribution in [3.05, 3.63) is 36.0 Å². The molecule has 2 saturated heterocycles. The Labute approximate surface area is 154 Å². The molecule has 0 amide bonds. The van der Waals surface area contributed by atoms with Crippen molar-refractivity contribution in [2.75, 3.05) is 26.2 Å². The van der Waals surface area contributed by atoms with Gasteiger partial charge in [0.25, 0.3) is 0 Å². The fourth-order valence-electron chi connectivity index (χ4n) is 4.47. The molecule has 0 spiro atoms. The zero-order chi connectivity index (χ0) is 17.7. The molecule has 140 valence electrons. The van der Waals surface area contributed by atoms with Gasteiger partial charge in [-0.1, -0.05) is 12.1 Å². The van der Waals surface area contributed by atoms with Crippen molar-refractivity contribution < 1.29 is 13.2 Å². The molecule has 6 nitrogen and oxygen atoms in total. The number of likely N-dealkylation sites (tertiary alicyclic amines) is 1. The third-order valence-corrected chi connectivity index (χ3v) is 8.02. The summed E-state index contributed by atoms with van der Waals surface area (Å²) in [5.41, 5.74) is 2.50. The van der Waals surface area contributed by atoms with Gasteiger partial charge in [-0.15, -0.1) is 0 Å². The summed E-state index contributed by atoms with van der Waals surface area (Å²) in [5, 5.41) is 1.13. The van der Waals surface area contributed by atoms with Crippen LogP contribution in [0.25, 0.3) is 10.9 Å². The first-order valence-electron chi connectivity index (χ1n) is 9.47. The molecule has 0 unspecified atom stereocenters. The lowest BCUT2D eigenvalue weighted by atomic mass is 9.93. The predicted molar refractivity (Wildman–Crippen MR) is 100 cm³/mol.